The normalized spacial score (nSPS) is 11.7. The monoisotopic (exact) mass is 386 g/mol. The molecule has 0 bridgehead atoms. The number of carbonyl (C=O) groups is 1. The van der Waals surface area contributed by atoms with Gasteiger partial charge in [0.25, 0.3) is 5.91 Å². The summed E-state index contributed by atoms with van der Waals surface area (Å²) in [6.07, 6.45) is 1.53. The van der Waals surface area contributed by atoms with Crippen LogP contribution < -0.4 is 19.5 Å². The van der Waals surface area contributed by atoms with Crippen molar-refractivity contribution in [3.05, 3.63) is 53.6 Å². The second kappa shape index (κ2) is 10.8. The minimum absolute atomic E-state index is 0.224. The van der Waals surface area contributed by atoms with Gasteiger partial charge in [0.2, 0.25) is 6.10 Å². The molecule has 1 unspecified atom stereocenters. The van der Waals surface area contributed by atoms with Crippen LogP contribution in [0.2, 0.25) is 0 Å². The molecule has 0 aliphatic heterocycles. The zero-order valence-corrected chi connectivity index (χ0v) is 16.6. The lowest BCUT2D eigenvalue weighted by molar-refractivity contribution is -0.131. The standard InChI is InChI=1S/C21H26N2O5/c1-15(21(24)22-12-11-16-5-8-18(25-2)9-6-16)28-23-14-17-7-10-19(26-3)20(13-17)27-4/h5-10,13-15H,11-12H2,1-4H3,(H,22,24)/b23-14+. The molecular weight excluding hydrogens is 360 g/mol. The van der Waals surface area contributed by atoms with Gasteiger partial charge in [-0.05, 0) is 49.2 Å². The summed E-state index contributed by atoms with van der Waals surface area (Å²) in [5.41, 5.74) is 1.88. The number of oxime groups is 1. The van der Waals surface area contributed by atoms with Crippen LogP contribution in [0.4, 0.5) is 0 Å². The molecule has 0 spiro atoms. The summed E-state index contributed by atoms with van der Waals surface area (Å²) >= 11 is 0. The number of benzene rings is 2. The zero-order chi connectivity index (χ0) is 20.4. The summed E-state index contributed by atoms with van der Waals surface area (Å²) in [5, 5.41) is 6.72. The highest BCUT2D eigenvalue weighted by Crippen LogP contribution is 2.26. The topological polar surface area (TPSA) is 78.4 Å². The van der Waals surface area contributed by atoms with Crippen LogP contribution in [0.5, 0.6) is 17.2 Å². The van der Waals surface area contributed by atoms with Crippen molar-refractivity contribution in [1.29, 1.82) is 0 Å². The second-order valence-electron chi connectivity index (χ2n) is 5.99. The van der Waals surface area contributed by atoms with Gasteiger partial charge >= 0.3 is 0 Å². The Morgan fingerprint density at radius 2 is 1.75 bits per heavy atom. The van der Waals surface area contributed by atoms with Gasteiger partial charge in [0.05, 0.1) is 27.5 Å². The highest BCUT2D eigenvalue weighted by molar-refractivity contribution is 5.82. The van der Waals surface area contributed by atoms with Gasteiger partial charge in [-0.15, -0.1) is 0 Å². The van der Waals surface area contributed by atoms with Crippen molar-refractivity contribution in [2.45, 2.75) is 19.4 Å². The predicted molar refractivity (Wildman–Crippen MR) is 107 cm³/mol. The van der Waals surface area contributed by atoms with Crippen molar-refractivity contribution >= 4 is 12.1 Å². The van der Waals surface area contributed by atoms with Crippen LogP contribution in [0.1, 0.15) is 18.1 Å². The first kappa shape index (κ1) is 21.1. The Labute approximate surface area is 165 Å². The van der Waals surface area contributed by atoms with Gasteiger partial charge in [-0.25, -0.2) is 0 Å². The van der Waals surface area contributed by atoms with Gasteiger partial charge in [-0.3, -0.25) is 4.79 Å². The maximum atomic E-state index is 12.1. The fraction of sp³-hybridized carbons (Fsp3) is 0.333. The number of hydrogen-bond donors (Lipinski definition) is 1. The number of rotatable bonds is 10. The number of methoxy groups -OCH3 is 3. The molecule has 1 N–H and O–H groups in total. The number of carbonyl (C=O) groups excluding carboxylic acids is 1. The maximum Gasteiger partial charge on any atom is 0.263 e. The third-order valence-electron chi connectivity index (χ3n) is 4.07. The van der Waals surface area contributed by atoms with E-state index in [9.17, 15) is 4.79 Å². The molecule has 0 saturated heterocycles. The SMILES string of the molecule is COc1ccc(CCNC(=O)C(C)O/N=C/c2ccc(OC)c(OC)c2)cc1. The third kappa shape index (κ3) is 6.19. The molecule has 0 aliphatic carbocycles. The highest BCUT2D eigenvalue weighted by atomic mass is 16.6. The van der Waals surface area contributed by atoms with Crippen molar-refractivity contribution < 1.29 is 23.8 Å². The Morgan fingerprint density at radius 3 is 2.39 bits per heavy atom. The molecule has 0 saturated carbocycles. The van der Waals surface area contributed by atoms with E-state index in [1.165, 1.54) is 6.21 Å². The highest BCUT2D eigenvalue weighted by Gasteiger charge is 2.13. The van der Waals surface area contributed by atoms with Gasteiger partial charge in [0.1, 0.15) is 5.75 Å². The molecular formula is C21H26N2O5. The van der Waals surface area contributed by atoms with Crippen molar-refractivity contribution in [2.24, 2.45) is 5.16 Å². The first-order valence-corrected chi connectivity index (χ1v) is 8.89. The van der Waals surface area contributed by atoms with Crippen LogP contribution in [0.3, 0.4) is 0 Å². The molecule has 1 amide bonds. The third-order valence-corrected chi connectivity index (χ3v) is 4.07. The summed E-state index contributed by atoms with van der Waals surface area (Å²) in [4.78, 5) is 17.3. The molecule has 7 heteroatoms. The molecule has 0 fully saturated rings. The summed E-state index contributed by atoms with van der Waals surface area (Å²) in [5.74, 6) is 1.81. The fourth-order valence-corrected chi connectivity index (χ4v) is 2.43. The van der Waals surface area contributed by atoms with Gasteiger partial charge in [0.15, 0.2) is 11.5 Å². The van der Waals surface area contributed by atoms with E-state index in [1.54, 1.807) is 40.4 Å². The van der Waals surface area contributed by atoms with Crippen LogP contribution >= 0.6 is 0 Å². The Bertz CT molecular complexity index is 790. The van der Waals surface area contributed by atoms with E-state index in [1.807, 2.05) is 30.3 Å². The van der Waals surface area contributed by atoms with E-state index in [2.05, 4.69) is 10.5 Å². The molecule has 28 heavy (non-hydrogen) atoms. The lowest BCUT2D eigenvalue weighted by atomic mass is 10.1. The van der Waals surface area contributed by atoms with E-state index in [4.69, 9.17) is 19.0 Å². The Kier molecular flexibility index (Phi) is 8.14. The Balaban J connectivity index is 1.77. The minimum Gasteiger partial charge on any atom is -0.497 e. The summed E-state index contributed by atoms with van der Waals surface area (Å²) < 4.78 is 15.5. The molecule has 0 aromatic heterocycles. The molecule has 150 valence electrons. The average molecular weight is 386 g/mol. The molecule has 2 aromatic rings. The summed E-state index contributed by atoms with van der Waals surface area (Å²) in [7, 11) is 4.77. The molecule has 0 radical (unpaired) electrons. The van der Waals surface area contributed by atoms with E-state index >= 15 is 0 Å². The van der Waals surface area contributed by atoms with Crippen LogP contribution in [0.25, 0.3) is 0 Å². The van der Waals surface area contributed by atoms with Crippen LogP contribution in [0, 0.1) is 0 Å². The Hall–Kier alpha value is -3.22. The number of nitrogens with zero attached hydrogens (tertiary/aromatic N) is 1. The van der Waals surface area contributed by atoms with Gasteiger partial charge in [-0.1, -0.05) is 17.3 Å². The average Bonchev–Trinajstić information content (AvgIpc) is 2.73. The second-order valence-corrected chi connectivity index (χ2v) is 5.99. The zero-order valence-electron chi connectivity index (χ0n) is 16.6. The van der Waals surface area contributed by atoms with Gasteiger partial charge in [0, 0.05) is 12.1 Å². The number of hydrogen-bond acceptors (Lipinski definition) is 6. The van der Waals surface area contributed by atoms with Crippen molar-refractivity contribution in [3.8, 4) is 17.2 Å². The van der Waals surface area contributed by atoms with Crippen molar-refractivity contribution in [1.82, 2.24) is 5.32 Å². The van der Waals surface area contributed by atoms with Crippen molar-refractivity contribution in [3.63, 3.8) is 0 Å². The van der Waals surface area contributed by atoms with Crippen LogP contribution in [-0.4, -0.2) is 46.1 Å². The van der Waals surface area contributed by atoms with E-state index in [-0.39, 0.29) is 5.91 Å². The smallest absolute Gasteiger partial charge is 0.263 e. The fourth-order valence-electron chi connectivity index (χ4n) is 2.43. The van der Waals surface area contributed by atoms with Gasteiger partial charge in [-0.2, -0.15) is 0 Å². The molecule has 0 aliphatic rings. The lowest BCUT2D eigenvalue weighted by Gasteiger charge is -2.11. The quantitative estimate of drug-likeness (QED) is 0.502. The lowest BCUT2D eigenvalue weighted by Crippen LogP contribution is -2.34. The van der Waals surface area contributed by atoms with E-state index in [0.29, 0.717) is 18.0 Å². The van der Waals surface area contributed by atoms with E-state index < -0.39 is 6.10 Å². The molecule has 0 heterocycles. The largest absolute Gasteiger partial charge is 0.497 e. The number of ether oxygens (including phenoxy) is 3. The van der Waals surface area contributed by atoms with Crippen LogP contribution in [-0.2, 0) is 16.1 Å². The molecule has 1 atom stereocenters. The minimum atomic E-state index is -0.702. The Morgan fingerprint density at radius 1 is 1.04 bits per heavy atom. The van der Waals surface area contributed by atoms with Crippen LogP contribution in [0.15, 0.2) is 47.6 Å². The predicted octanol–water partition coefficient (Wildman–Crippen LogP) is 2.81. The van der Waals surface area contributed by atoms with Crippen molar-refractivity contribution in [2.75, 3.05) is 27.9 Å². The first-order chi connectivity index (χ1) is 13.6. The molecule has 2 aromatic carbocycles. The number of nitrogens with one attached hydrogen (secondary N) is 1. The summed E-state index contributed by atoms with van der Waals surface area (Å²) in [6, 6.07) is 13.1. The first-order valence-electron chi connectivity index (χ1n) is 8.89. The number of amides is 1. The summed E-state index contributed by atoms with van der Waals surface area (Å²) in [6.45, 7) is 2.16. The van der Waals surface area contributed by atoms with E-state index in [0.717, 1.165) is 23.3 Å². The maximum absolute atomic E-state index is 12.1. The molecule has 2 rings (SSSR count). The van der Waals surface area contributed by atoms with Gasteiger partial charge < -0.3 is 24.4 Å². The molecule has 7 nitrogen and oxygen atoms in total.